The van der Waals surface area contributed by atoms with E-state index in [1.807, 2.05) is 0 Å². The smallest absolute Gasteiger partial charge is 0.321 e. The lowest BCUT2D eigenvalue weighted by Crippen LogP contribution is -2.41. The van der Waals surface area contributed by atoms with E-state index in [1.165, 1.54) is 0 Å². The van der Waals surface area contributed by atoms with Gasteiger partial charge in [0.25, 0.3) is 0 Å². The molecule has 0 aliphatic carbocycles. The fraction of sp³-hybridized carbons (Fsp3) is 0.545. The van der Waals surface area contributed by atoms with Crippen LogP contribution < -0.4 is 10.6 Å². The molecule has 0 aliphatic rings. The summed E-state index contributed by atoms with van der Waals surface area (Å²) in [5, 5.41) is 13.2. The third-order valence-electron chi connectivity index (χ3n) is 1.96. The lowest BCUT2D eigenvalue weighted by molar-refractivity contribution is -0.139. The van der Waals surface area contributed by atoms with Crippen molar-refractivity contribution in [1.82, 2.24) is 10.6 Å². The number of nitrogens with one attached hydrogen (secondary N) is 2. The number of hydrogen-bond donors (Lipinski definition) is 3. The molecular formula is C11H17BrN2O4. The summed E-state index contributed by atoms with van der Waals surface area (Å²) in [7, 11) is 0. The van der Waals surface area contributed by atoms with Crippen LogP contribution in [0, 0.1) is 5.41 Å². The van der Waals surface area contributed by atoms with Crippen LogP contribution in [0.3, 0.4) is 0 Å². The van der Waals surface area contributed by atoms with Crippen molar-refractivity contribution in [2.45, 2.75) is 26.7 Å². The zero-order chi connectivity index (χ0) is 14.3. The molecular weight excluding hydrogens is 304 g/mol. The van der Waals surface area contributed by atoms with Gasteiger partial charge in [0.2, 0.25) is 5.91 Å². The Hall–Kier alpha value is -1.37. The predicted octanol–water partition coefficient (Wildman–Crippen LogP) is 1.61. The van der Waals surface area contributed by atoms with Crippen LogP contribution >= 0.6 is 15.9 Å². The molecule has 0 heterocycles. The Labute approximate surface area is 114 Å². The molecule has 0 saturated carbocycles. The van der Waals surface area contributed by atoms with Gasteiger partial charge >= 0.3 is 12.0 Å². The van der Waals surface area contributed by atoms with Gasteiger partial charge in [-0.3, -0.25) is 14.9 Å². The Morgan fingerprint density at radius 2 is 1.83 bits per heavy atom. The molecule has 6 nitrogen and oxygen atoms in total. The summed E-state index contributed by atoms with van der Waals surface area (Å²) in [6, 6.07) is -0.633. The van der Waals surface area contributed by atoms with E-state index in [2.05, 4.69) is 33.1 Å². The SMILES string of the molecule is C=C(Br)CNC(=O)NC(=O)CC(C)(C)CC(=O)O. The average Bonchev–Trinajstić information content (AvgIpc) is 2.10. The largest absolute Gasteiger partial charge is 0.481 e. The molecule has 0 spiro atoms. The number of carbonyl (C=O) groups is 3. The highest BCUT2D eigenvalue weighted by molar-refractivity contribution is 9.11. The van der Waals surface area contributed by atoms with Gasteiger partial charge in [0, 0.05) is 10.9 Å². The first kappa shape index (κ1) is 16.6. The molecule has 0 aromatic heterocycles. The van der Waals surface area contributed by atoms with E-state index >= 15 is 0 Å². The minimum atomic E-state index is -0.979. The number of aliphatic carboxylic acids is 1. The molecule has 0 aliphatic heterocycles. The summed E-state index contributed by atoms with van der Waals surface area (Å²) in [5.41, 5.74) is -0.699. The molecule has 3 N–H and O–H groups in total. The maximum atomic E-state index is 11.5. The van der Waals surface area contributed by atoms with Crippen molar-refractivity contribution in [3.63, 3.8) is 0 Å². The first-order chi connectivity index (χ1) is 8.12. The summed E-state index contributed by atoms with van der Waals surface area (Å²) >= 11 is 3.06. The monoisotopic (exact) mass is 320 g/mol. The molecule has 18 heavy (non-hydrogen) atoms. The number of carboxylic acid groups (broad SMARTS) is 1. The quantitative estimate of drug-likeness (QED) is 0.692. The van der Waals surface area contributed by atoms with Crippen molar-refractivity contribution in [3.05, 3.63) is 11.1 Å². The zero-order valence-electron chi connectivity index (χ0n) is 10.4. The second-order valence-corrected chi connectivity index (χ2v) is 5.78. The minimum Gasteiger partial charge on any atom is -0.481 e. The second kappa shape index (κ2) is 7.15. The first-order valence-corrected chi connectivity index (χ1v) is 6.04. The third-order valence-corrected chi connectivity index (χ3v) is 2.24. The van der Waals surface area contributed by atoms with Crippen molar-refractivity contribution in [2.24, 2.45) is 5.41 Å². The molecule has 7 heteroatoms. The lowest BCUT2D eigenvalue weighted by atomic mass is 9.85. The number of imide groups is 1. The molecule has 0 unspecified atom stereocenters. The van der Waals surface area contributed by atoms with Gasteiger partial charge in [-0.25, -0.2) is 4.79 Å². The molecule has 0 radical (unpaired) electrons. The fourth-order valence-electron chi connectivity index (χ4n) is 1.30. The average molecular weight is 321 g/mol. The first-order valence-electron chi connectivity index (χ1n) is 5.25. The molecule has 0 rings (SSSR count). The molecule has 0 saturated heterocycles. The molecule has 0 aromatic carbocycles. The van der Waals surface area contributed by atoms with E-state index in [0.717, 1.165) is 0 Å². The number of carboxylic acids is 1. The van der Waals surface area contributed by atoms with E-state index in [0.29, 0.717) is 4.48 Å². The maximum Gasteiger partial charge on any atom is 0.321 e. The number of amides is 3. The number of halogens is 1. The topological polar surface area (TPSA) is 95.5 Å². The summed E-state index contributed by atoms with van der Waals surface area (Å²) in [6.07, 6.45) is -0.178. The van der Waals surface area contributed by atoms with Crippen molar-refractivity contribution in [2.75, 3.05) is 6.54 Å². The van der Waals surface area contributed by atoms with Gasteiger partial charge in [0.1, 0.15) is 0 Å². The van der Waals surface area contributed by atoms with Crippen LogP contribution in [0.2, 0.25) is 0 Å². The minimum absolute atomic E-state index is 0.0397. The van der Waals surface area contributed by atoms with Crippen LogP contribution in [0.1, 0.15) is 26.7 Å². The predicted molar refractivity (Wildman–Crippen MR) is 70.3 cm³/mol. The van der Waals surface area contributed by atoms with Crippen molar-refractivity contribution in [1.29, 1.82) is 0 Å². The molecule has 0 fully saturated rings. The summed E-state index contributed by atoms with van der Waals surface area (Å²) in [5.74, 6) is -1.49. The summed E-state index contributed by atoms with van der Waals surface area (Å²) in [4.78, 5) is 33.3. The third kappa shape index (κ3) is 8.74. The highest BCUT2D eigenvalue weighted by atomic mass is 79.9. The van der Waals surface area contributed by atoms with E-state index in [1.54, 1.807) is 13.8 Å². The standard InChI is InChI=1S/C11H17BrN2O4/c1-7(12)6-13-10(18)14-8(15)4-11(2,3)5-9(16)17/h1,4-6H2,2-3H3,(H,16,17)(H2,13,14,15,18). The fourth-order valence-corrected chi connectivity index (χ4v) is 1.44. The van der Waals surface area contributed by atoms with E-state index < -0.39 is 23.3 Å². The Bertz CT molecular complexity index is 366. The van der Waals surface area contributed by atoms with Gasteiger partial charge in [0.05, 0.1) is 13.0 Å². The molecule has 0 atom stereocenters. The van der Waals surface area contributed by atoms with Crippen LogP contribution in [-0.4, -0.2) is 29.6 Å². The van der Waals surface area contributed by atoms with Crippen molar-refractivity contribution in [3.8, 4) is 0 Å². The van der Waals surface area contributed by atoms with Crippen molar-refractivity contribution >= 4 is 33.8 Å². The van der Waals surface area contributed by atoms with Crippen LogP contribution in [0.4, 0.5) is 4.79 Å². The van der Waals surface area contributed by atoms with Crippen LogP contribution in [0.15, 0.2) is 11.1 Å². The second-order valence-electron chi connectivity index (χ2n) is 4.66. The Kier molecular flexibility index (Phi) is 6.61. The van der Waals surface area contributed by atoms with Gasteiger partial charge in [0.15, 0.2) is 0 Å². The van der Waals surface area contributed by atoms with Gasteiger partial charge in [-0.05, 0) is 5.41 Å². The summed E-state index contributed by atoms with van der Waals surface area (Å²) in [6.45, 7) is 7.03. The van der Waals surface area contributed by atoms with Gasteiger partial charge < -0.3 is 10.4 Å². The number of urea groups is 1. The molecule has 0 bridgehead atoms. The summed E-state index contributed by atoms with van der Waals surface area (Å²) < 4.78 is 0.580. The molecule has 102 valence electrons. The Balaban J connectivity index is 4.14. The van der Waals surface area contributed by atoms with Crippen molar-refractivity contribution < 1.29 is 19.5 Å². The normalized spacial score (nSPS) is 10.6. The number of hydrogen-bond acceptors (Lipinski definition) is 3. The zero-order valence-corrected chi connectivity index (χ0v) is 12.0. The Morgan fingerprint density at radius 3 is 2.28 bits per heavy atom. The highest BCUT2D eigenvalue weighted by Gasteiger charge is 2.25. The van der Waals surface area contributed by atoms with Gasteiger partial charge in [-0.15, -0.1) is 0 Å². The Morgan fingerprint density at radius 1 is 1.28 bits per heavy atom. The van der Waals surface area contributed by atoms with E-state index in [4.69, 9.17) is 5.11 Å². The van der Waals surface area contributed by atoms with Gasteiger partial charge in [-0.2, -0.15) is 0 Å². The van der Waals surface area contributed by atoms with Crippen LogP contribution in [-0.2, 0) is 9.59 Å². The van der Waals surface area contributed by atoms with Crippen LogP contribution in [0.25, 0.3) is 0 Å². The van der Waals surface area contributed by atoms with E-state index in [9.17, 15) is 14.4 Å². The van der Waals surface area contributed by atoms with Crippen LogP contribution in [0.5, 0.6) is 0 Å². The maximum absolute atomic E-state index is 11.5. The number of carbonyl (C=O) groups excluding carboxylic acids is 2. The van der Waals surface area contributed by atoms with E-state index in [-0.39, 0.29) is 19.4 Å². The van der Waals surface area contributed by atoms with Gasteiger partial charge in [-0.1, -0.05) is 36.4 Å². The number of rotatable bonds is 6. The molecule has 3 amide bonds. The lowest BCUT2D eigenvalue weighted by Gasteiger charge is -2.21. The molecule has 0 aromatic rings. The highest BCUT2D eigenvalue weighted by Crippen LogP contribution is 2.24.